The van der Waals surface area contributed by atoms with E-state index in [1.807, 2.05) is 0 Å². The Labute approximate surface area is 401 Å². The van der Waals surface area contributed by atoms with Crippen molar-refractivity contribution >= 4 is 73.0 Å². The Kier molecular flexibility index (Phi) is 14.1. The minimum absolute atomic E-state index is 0.0686. The zero-order chi connectivity index (χ0) is 51.6. The molecular weight excluding hydrogens is 981 g/mol. The van der Waals surface area contributed by atoms with Gasteiger partial charge in [0.2, 0.25) is 0 Å². The van der Waals surface area contributed by atoms with Gasteiger partial charge in [0.25, 0.3) is 43.4 Å². The number of anilines is 2. The van der Waals surface area contributed by atoms with Gasteiger partial charge in [0.1, 0.15) is 24.7 Å². The maximum atomic E-state index is 13.5. The standard InChI is InChI=1S/C44H38N6O19S2/c1-47(42(54)66-23-27-19-25(7-13-35(27)49(56)57)39(51)45-15-17-70(60,61)62)29-9-11-33-37(21-29)68-38-22-30(10-12-34(38)44(33)32-6-4-3-5-31(32)41(53)69-44)48(2)43(55)67-24-28-20-26(8-14-36(28)50(58)59)40(52)46-16-18-71(63,64)65/h3-14,19-22H,15-18,23-24H2,1-2H3,(H,45,51)(H,46,52)(H,60,61,62)(H,63,64,65). The van der Waals surface area contributed by atoms with E-state index in [1.165, 1.54) is 38.4 Å². The van der Waals surface area contributed by atoms with Crippen molar-refractivity contribution in [3.63, 3.8) is 0 Å². The predicted molar refractivity (Wildman–Crippen MR) is 246 cm³/mol. The second-order valence-corrected chi connectivity index (χ2v) is 18.7. The Bertz CT molecular complexity index is 3110. The van der Waals surface area contributed by atoms with Gasteiger partial charge in [-0.15, -0.1) is 0 Å². The molecule has 0 unspecified atom stereocenters. The third-order valence-corrected chi connectivity index (χ3v) is 12.5. The van der Waals surface area contributed by atoms with E-state index in [-0.39, 0.29) is 50.7 Å². The van der Waals surface area contributed by atoms with Crippen LogP contribution in [0.4, 0.5) is 32.3 Å². The number of rotatable bonds is 16. The summed E-state index contributed by atoms with van der Waals surface area (Å²) in [5.74, 6) is -3.75. The average Bonchev–Trinajstić information content (AvgIpc) is 3.61. The van der Waals surface area contributed by atoms with E-state index in [0.717, 1.165) is 46.2 Å². The maximum absolute atomic E-state index is 13.5. The van der Waals surface area contributed by atoms with Gasteiger partial charge >= 0.3 is 18.2 Å². The van der Waals surface area contributed by atoms with Crippen LogP contribution in [0.1, 0.15) is 58.9 Å². The Morgan fingerprint density at radius 1 is 0.648 bits per heavy atom. The van der Waals surface area contributed by atoms with Crippen molar-refractivity contribution in [3.8, 4) is 11.5 Å². The molecule has 0 fully saturated rings. The first kappa shape index (κ1) is 50.3. The number of nitrogens with zero attached hydrogens (tertiary/aromatic N) is 4. The minimum atomic E-state index is -4.39. The first-order valence-corrected chi connectivity index (χ1v) is 23.8. The molecule has 0 aromatic heterocycles. The van der Waals surface area contributed by atoms with E-state index < -0.39 is 115 Å². The van der Waals surface area contributed by atoms with Crippen LogP contribution >= 0.6 is 0 Å². The molecule has 1 spiro atoms. The molecule has 5 aromatic carbocycles. The van der Waals surface area contributed by atoms with Crippen LogP contribution in [0, 0.1) is 20.2 Å². The summed E-state index contributed by atoms with van der Waals surface area (Å²) in [6, 6.07) is 21.9. The number of carbonyl (C=O) groups excluding carboxylic acids is 5. The Hall–Kier alpha value is -8.53. The molecule has 0 aliphatic carbocycles. The summed E-state index contributed by atoms with van der Waals surface area (Å²) in [6.07, 6.45) is -2.05. The van der Waals surface area contributed by atoms with Gasteiger partial charge in [-0.1, -0.05) is 18.2 Å². The van der Waals surface area contributed by atoms with Gasteiger partial charge in [-0.3, -0.25) is 48.7 Å². The fourth-order valence-corrected chi connectivity index (χ4v) is 8.31. The van der Waals surface area contributed by atoms with Crippen LogP contribution in [0.3, 0.4) is 0 Å². The fourth-order valence-electron chi connectivity index (χ4n) is 7.59. The Balaban J connectivity index is 1.13. The number of hydrogen-bond acceptors (Lipinski definition) is 17. The highest BCUT2D eigenvalue weighted by Crippen LogP contribution is 2.57. The molecule has 5 aromatic rings. The molecule has 71 heavy (non-hydrogen) atoms. The van der Waals surface area contributed by atoms with Crippen LogP contribution in [0.15, 0.2) is 97.1 Å². The molecule has 25 nitrogen and oxygen atoms in total. The lowest BCUT2D eigenvalue weighted by molar-refractivity contribution is -0.386. The van der Waals surface area contributed by atoms with Crippen LogP contribution in [0.5, 0.6) is 11.5 Å². The summed E-state index contributed by atoms with van der Waals surface area (Å²) in [5.41, 5.74) is -1.65. The molecule has 0 saturated heterocycles. The van der Waals surface area contributed by atoms with Crippen LogP contribution in [-0.2, 0) is 53.3 Å². The lowest BCUT2D eigenvalue weighted by Gasteiger charge is -2.37. The molecule has 27 heteroatoms. The molecular formula is C44H38N6O19S2. The van der Waals surface area contributed by atoms with Gasteiger partial charge in [0.05, 0.1) is 49.4 Å². The molecule has 4 N–H and O–H groups in total. The second-order valence-electron chi connectivity index (χ2n) is 15.6. The van der Waals surface area contributed by atoms with E-state index in [0.29, 0.717) is 16.7 Å². The van der Waals surface area contributed by atoms with Crippen molar-refractivity contribution in [2.24, 2.45) is 0 Å². The van der Waals surface area contributed by atoms with Crippen molar-refractivity contribution < 1.29 is 78.7 Å². The topological polar surface area (TPSA) is 348 Å². The number of nitro benzene ring substituents is 2. The normalized spacial score (nSPS) is 13.0. The summed E-state index contributed by atoms with van der Waals surface area (Å²) >= 11 is 0. The molecule has 0 saturated carbocycles. The largest absolute Gasteiger partial charge is 0.456 e. The molecule has 4 amide bonds. The van der Waals surface area contributed by atoms with E-state index >= 15 is 0 Å². The van der Waals surface area contributed by atoms with E-state index in [9.17, 15) is 61.0 Å². The van der Waals surface area contributed by atoms with E-state index in [4.69, 9.17) is 28.1 Å². The Morgan fingerprint density at radius 2 is 1.08 bits per heavy atom. The molecule has 2 heterocycles. The molecule has 2 aliphatic heterocycles. The predicted octanol–water partition coefficient (Wildman–Crippen LogP) is 4.85. The quantitative estimate of drug-likeness (QED) is 0.0337. The fraction of sp³-hybridized carbons (Fsp3) is 0.205. The maximum Gasteiger partial charge on any atom is 0.414 e. The van der Waals surface area contributed by atoms with Crippen molar-refractivity contribution in [1.82, 2.24) is 10.6 Å². The monoisotopic (exact) mass is 1020 g/mol. The first-order valence-electron chi connectivity index (χ1n) is 20.6. The van der Waals surface area contributed by atoms with Crippen molar-refractivity contribution in [1.29, 1.82) is 0 Å². The van der Waals surface area contributed by atoms with Crippen molar-refractivity contribution in [2.75, 3.05) is 48.5 Å². The van der Waals surface area contributed by atoms with Gasteiger partial charge in [0, 0.05) is 79.3 Å². The van der Waals surface area contributed by atoms with Gasteiger partial charge in [-0.05, 0) is 54.6 Å². The molecule has 2 aliphatic rings. The van der Waals surface area contributed by atoms with Gasteiger partial charge < -0.3 is 29.6 Å². The number of hydrogen-bond donors (Lipinski definition) is 4. The zero-order valence-electron chi connectivity index (χ0n) is 36.9. The van der Waals surface area contributed by atoms with Gasteiger partial charge in [-0.2, -0.15) is 16.8 Å². The summed E-state index contributed by atoms with van der Waals surface area (Å²) in [7, 11) is -6.14. The van der Waals surface area contributed by atoms with Crippen molar-refractivity contribution in [3.05, 3.63) is 162 Å². The number of nitro groups is 2. The third-order valence-electron chi connectivity index (χ3n) is 11.1. The molecule has 0 atom stereocenters. The number of benzene rings is 5. The van der Waals surface area contributed by atoms with Gasteiger partial charge in [-0.25, -0.2) is 14.4 Å². The molecule has 0 radical (unpaired) electrons. The highest BCUT2D eigenvalue weighted by molar-refractivity contribution is 7.86. The number of carbonyl (C=O) groups is 5. The summed E-state index contributed by atoms with van der Waals surface area (Å²) in [4.78, 5) is 90.0. The zero-order valence-corrected chi connectivity index (χ0v) is 38.6. The average molecular weight is 1020 g/mol. The highest BCUT2D eigenvalue weighted by Gasteiger charge is 2.53. The lowest BCUT2D eigenvalue weighted by atomic mass is 9.77. The first-order chi connectivity index (χ1) is 33.5. The van der Waals surface area contributed by atoms with Crippen LogP contribution in [0.25, 0.3) is 0 Å². The molecule has 0 bridgehead atoms. The van der Waals surface area contributed by atoms with Gasteiger partial charge in [0.15, 0.2) is 5.60 Å². The number of ether oxygens (including phenoxy) is 4. The molecule has 370 valence electrons. The second kappa shape index (κ2) is 19.8. The van der Waals surface area contributed by atoms with Crippen LogP contribution in [0.2, 0.25) is 0 Å². The lowest BCUT2D eigenvalue weighted by Crippen LogP contribution is -2.34. The molecule has 7 rings (SSSR count). The number of nitrogens with one attached hydrogen (secondary N) is 2. The Morgan fingerprint density at radius 3 is 1.51 bits per heavy atom. The number of fused-ring (bicyclic) bond motifs is 6. The van der Waals surface area contributed by atoms with E-state index in [1.54, 1.807) is 36.4 Å². The highest BCUT2D eigenvalue weighted by atomic mass is 32.2. The summed E-state index contributed by atoms with van der Waals surface area (Å²) < 4.78 is 85.5. The summed E-state index contributed by atoms with van der Waals surface area (Å²) in [6.45, 7) is -2.32. The minimum Gasteiger partial charge on any atom is -0.456 e. The van der Waals surface area contributed by atoms with E-state index in [2.05, 4.69) is 10.6 Å². The summed E-state index contributed by atoms with van der Waals surface area (Å²) in [5, 5.41) is 28.2. The number of amides is 4. The number of esters is 1. The van der Waals surface area contributed by atoms with Crippen molar-refractivity contribution in [2.45, 2.75) is 18.8 Å². The third kappa shape index (κ3) is 10.9. The SMILES string of the molecule is CN(C(=O)OCc1cc(C(=O)NCCS(=O)(=O)O)ccc1[N+](=O)[O-])c1ccc2c(c1)Oc1cc(N(C)C(=O)OCc3cc(C(=O)NCCS(=O)(=O)O)ccc3[N+](=O)[O-])ccc1C21OC(=O)c2ccccc21. The van der Waals surface area contributed by atoms with Crippen LogP contribution in [-0.4, -0.2) is 104 Å². The van der Waals surface area contributed by atoms with Crippen LogP contribution < -0.4 is 25.2 Å². The smallest absolute Gasteiger partial charge is 0.414 e.